The largest absolute Gasteiger partial charge is 0.354 e. The van der Waals surface area contributed by atoms with E-state index in [4.69, 9.17) is 11.6 Å². The Balaban J connectivity index is 2.15. The van der Waals surface area contributed by atoms with Gasteiger partial charge in [0.05, 0.1) is 6.42 Å². The average Bonchev–Trinajstić information content (AvgIpc) is 2.68. The minimum absolute atomic E-state index is 0.0824. The summed E-state index contributed by atoms with van der Waals surface area (Å²) in [6.07, 6.45) is 2.17. The molecule has 0 spiro atoms. The third kappa shape index (κ3) is 6.68. The van der Waals surface area contributed by atoms with Gasteiger partial charge in [0.15, 0.2) is 0 Å². The number of carbonyl (C=O) groups is 2. The fraction of sp³-hybridized carbons (Fsp3) is 0.391. The van der Waals surface area contributed by atoms with Crippen LogP contribution in [-0.4, -0.2) is 29.3 Å². The van der Waals surface area contributed by atoms with Crippen molar-refractivity contribution < 1.29 is 9.59 Å². The molecule has 2 aromatic rings. The van der Waals surface area contributed by atoms with Crippen LogP contribution in [0.4, 0.5) is 0 Å². The van der Waals surface area contributed by atoms with E-state index in [2.05, 4.69) is 12.2 Å². The van der Waals surface area contributed by atoms with Crippen LogP contribution in [0.1, 0.15) is 43.4 Å². The summed E-state index contributed by atoms with van der Waals surface area (Å²) in [7, 11) is 0. The first-order valence-electron chi connectivity index (χ1n) is 9.78. The highest BCUT2D eigenvalue weighted by Crippen LogP contribution is 2.15. The van der Waals surface area contributed by atoms with Gasteiger partial charge in [0.25, 0.3) is 0 Å². The molecule has 0 unspecified atom stereocenters. The van der Waals surface area contributed by atoms with Crippen molar-refractivity contribution in [2.75, 3.05) is 6.54 Å². The van der Waals surface area contributed by atoms with Gasteiger partial charge in [-0.25, -0.2) is 0 Å². The highest BCUT2D eigenvalue weighted by Gasteiger charge is 2.26. The number of unbranched alkanes of at least 4 members (excludes halogenated alkanes) is 1. The number of carbonyl (C=O) groups excluding carboxylic acids is 2. The maximum atomic E-state index is 13.1. The molecule has 2 rings (SSSR count). The second-order valence-electron chi connectivity index (χ2n) is 7.13. The summed E-state index contributed by atoms with van der Waals surface area (Å²) in [5, 5.41) is 3.57. The SMILES string of the molecule is CCCCNC(=O)[C@@H](C)N(Cc1ccc(C)cc1)C(=O)Cc1ccc(Cl)cc1. The van der Waals surface area contributed by atoms with E-state index in [1.54, 1.807) is 24.0 Å². The van der Waals surface area contributed by atoms with Gasteiger partial charge in [-0.3, -0.25) is 9.59 Å². The number of rotatable bonds is 9. The van der Waals surface area contributed by atoms with Gasteiger partial charge in [-0.05, 0) is 43.5 Å². The van der Waals surface area contributed by atoms with Crippen LogP contribution >= 0.6 is 11.6 Å². The molecule has 4 nitrogen and oxygen atoms in total. The molecular formula is C23H29ClN2O2. The van der Waals surface area contributed by atoms with Crippen LogP contribution in [0.5, 0.6) is 0 Å². The molecule has 5 heteroatoms. The zero-order valence-corrected chi connectivity index (χ0v) is 17.6. The highest BCUT2D eigenvalue weighted by atomic mass is 35.5. The van der Waals surface area contributed by atoms with Crippen molar-refractivity contribution in [1.29, 1.82) is 0 Å². The summed E-state index contributed by atoms with van der Waals surface area (Å²) in [4.78, 5) is 27.3. The predicted octanol–water partition coefficient (Wildman–Crippen LogP) is 4.52. The second kappa shape index (κ2) is 10.9. The lowest BCUT2D eigenvalue weighted by Crippen LogP contribution is -2.48. The van der Waals surface area contributed by atoms with Gasteiger partial charge < -0.3 is 10.2 Å². The Bertz CT molecular complexity index is 772. The van der Waals surface area contributed by atoms with Crippen molar-refractivity contribution in [3.05, 3.63) is 70.2 Å². The number of nitrogens with one attached hydrogen (secondary N) is 1. The number of nitrogens with zero attached hydrogens (tertiary/aromatic N) is 1. The van der Waals surface area contributed by atoms with Crippen LogP contribution in [0.3, 0.4) is 0 Å². The standard InChI is InChI=1S/C23H29ClN2O2/c1-4-5-14-25-23(28)18(3)26(16-20-8-6-17(2)7-9-20)22(27)15-19-10-12-21(24)13-11-19/h6-13,18H,4-5,14-16H2,1-3H3,(H,25,28)/t18-/m1/s1. The molecule has 0 radical (unpaired) electrons. The first-order valence-corrected chi connectivity index (χ1v) is 10.2. The van der Waals surface area contributed by atoms with Crippen molar-refractivity contribution in [1.82, 2.24) is 10.2 Å². The molecule has 2 amide bonds. The van der Waals surface area contributed by atoms with Crippen molar-refractivity contribution in [2.45, 2.75) is 52.6 Å². The summed E-state index contributed by atoms with van der Waals surface area (Å²) in [5.41, 5.74) is 3.04. The summed E-state index contributed by atoms with van der Waals surface area (Å²) in [6.45, 7) is 6.92. The Hall–Kier alpha value is -2.33. The van der Waals surface area contributed by atoms with Gasteiger partial charge in [-0.15, -0.1) is 0 Å². The number of benzene rings is 2. The van der Waals surface area contributed by atoms with Crippen LogP contribution in [0, 0.1) is 6.92 Å². The topological polar surface area (TPSA) is 49.4 Å². The molecule has 28 heavy (non-hydrogen) atoms. The molecule has 0 fully saturated rings. The van der Waals surface area contributed by atoms with E-state index in [0.29, 0.717) is 18.1 Å². The molecule has 0 aliphatic rings. The maximum Gasteiger partial charge on any atom is 0.242 e. The lowest BCUT2D eigenvalue weighted by Gasteiger charge is -2.29. The Morgan fingerprint density at radius 3 is 2.25 bits per heavy atom. The smallest absolute Gasteiger partial charge is 0.242 e. The molecule has 150 valence electrons. The predicted molar refractivity (Wildman–Crippen MR) is 114 cm³/mol. The van der Waals surface area contributed by atoms with E-state index in [9.17, 15) is 9.59 Å². The van der Waals surface area contributed by atoms with Crippen LogP contribution < -0.4 is 5.32 Å². The number of aryl methyl sites for hydroxylation is 1. The molecule has 2 aromatic carbocycles. The van der Waals surface area contributed by atoms with E-state index in [1.165, 1.54) is 0 Å². The Morgan fingerprint density at radius 1 is 1.04 bits per heavy atom. The number of amides is 2. The first kappa shape index (κ1) is 22.0. The lowest BCUT2D eigenvalue weighted by atomic mass is 10.1. The van der Waals surface area contributed by atoms with Gasteiger partial charge >= 0.3 is 0 Å². The summed E-state index contributed by atoms with van der Waals surface area (Å²) in [5.74, 6) is -0.203. The van der Waals surface area contributed by atoms with E-state index in [1.807, 2.05) is 43.3 Å². The monoisotopic (exact) mass is 400 g/mol. The van der Waals surface area contributed by atoms with E-state index >= 15 is 0 Å². The molecule has 0 saturated carbocycles. The molecule has 0 aliphatic heterocycles. The quantitative estimate of drug-likeness (QED) is 0.629. The number of halogens is 1. The van der Waals surface area contributed by atoms with E-state index < -0.39 is 6.04 Å². The lowest BCUT2D eigenvalue weighted by molar-refractivity contribution is -0.140. The van der Waals surface area contributed by atoms with Crippen molar-refractivity contribution in [3.63, 3.8) is 0 Å². The van der Waals surface area contributed by atoms with Crippen LogP contribution in [0.25, 0.3) is 0 Å². The third-order valence-corrected chi connectivity index (χ3v) is 4.99. The minimum atomic E-state index is -0.544. The maximum absolute atomic E-state index is 13.1. The highest BCUT2D eigenvalue weighted by molar-refractivity contribution is 6.30. The molecule has 0 aliphatic carbocycles. The summed E-state index contributed by atoms with van der Waals surface area (Å²) < 4.78 is 0. The number of hydrogen-bond acceptors (Lipinski definition) is 2. The molecule has 0 saturated heterocycles. The van der Waals surface area contributed by atoms with Gasteiger partial charge in [-0.1, -0.05) is 66.9 Å². The van der Waals surface area contributed by atoms with Gasteiger partial charge in [0, 0.05) is 18.1 Å². The zero-order valence-electron chi connectivity index (χ0n) is 16.9. The summed E-state index contributed by atoms with van der Waals surface area (Å²) in [6, 6.07) is 14.7. The summed E-state index contributed by atoms with van der Waals surface area (Å²) >= 11 is 5.93. The fourth-order valence-electron chi connectivity index (χ4n) is 2.89. The Kier molecular flexibility index (Phi) is 8.52. The Labute approximate surface area is 172 Å². The third-order valence-electron chi connectivity index (χ3n) is 4.74. The van der Waals surface area contributed by atoms with E-state index in [-0.39, 0.29) is 18.2 Å². The normalized spacial score (nSPS) is 11.7. The second-order valence-corrected chi connectivity index (χ2v) is 7.57. The average molecular weight is 401 g/mol. The van der Waals surface area contributed by atoms with E-state index in [0.717, 1.165) is 29.5 Å². The molecule has 1 N–H and O–H groups in total. The van der Waals surface area contributed by atoms with Crippen LogP contribution in [0.15, 0.2) is 48.5 Å². The zero-order chi connectivity index (χ0) is 20.5. The van der Waals surface area contributed by atoms with Crippen molar-refractivity contribution >= 4 is 23.4 Å². The van der Waals surface area contributed by atoms with Gasteiger partial charge in [0.1, 0.15) is 6.04 Å². The first-order chi connectivity index (χ1) is 13.4. The number of hydrogen-bond donors (Lipinski definition) is 1. The Morgan fingerprint density at radius 2 is 1.64 bits per heavy atom. The van der Waals surface area contributed by atoms with Crippen LogP contribution in [-0.2, 0) is 22.6 Å². The van der Waals surface area contributed by atoms with Crippen molar-refractivity contribution in [3.8, 4) is 0 Å². The molecule has 0 aromatic heterocycles. The van der Waals surface area contributed by atoms with Gasteiger partial charge in [0.2, 0.25) is 11.8 Å². The molecule has 0 heterocycles. The minimum Gasteiger partial charge on any atom is -0.354 e. The molecule has 1 atom stereocenters. The van der Waals surface area contributed by atoms with Gasteiger partial charge in [-0.2, -0.15) is 0 Å². The molecule has 0 bridgehead atoms. The molecular weight excluding hydrogens is 372 g/mol. The van der Waals surface area contributed by atoms with Crippen molar-refractivity contribution in [2.24, 2.45) is 0 Å². The fourth-order valence-corrected chi connectivity index (χ4v) is 3.01. The van der Waals surface area contributed by atoms with Crippen LogP contribution in [0.2, 0.25) is 5.02 Å².